The second kappa shape index (κ2) is 6.67. The summed E-state index contributed by atoms with van der Waals surface area (Å²) in [6.07, 6.45) is 0. The number of hydrogen-bond acceptors (Lipinski definition) is 3. The van der Waals surface area contributed by atoms with Gasteiger partial charge in [-0.2, -0.15) is 0 Å². The van der Waals surface area contributed by atoms with Crippen molar-refractivity contribution in [1.82, 2.24) is 5.32 Å². The molecule has 0 aliphatic heterocycles. The summed E-state index contributed by atoms with van der Waals surface area (Å²) in [7, 11) is 1.55. The van der Waals surface area contributed by atoms with Gasteiger partial charge in [-0.1, -0.05) is 24.3 Å². The summed E-state index contributed by atoms with van der Waals surface area (Å²) in [6.45, 7) is 0.371. The van der Waals surface area contributed by atoms with Crippen molar-refractivity contribution in [3.63, 3.8) is 0 Å². The van der Waals surface area contributed by atoms with Crippen molar-refractivity contribution in [1.29, 1.82) is 0 Å². The lowest BCUT2D eigenvalue weighted by Gasteiger charge is -2.10. The molecule has 0 radical (unpaired) electrons. The number of para-hydroxylation sites is 1. The van der Waals surface area contributed by atoms with Crippen LogP contribution in [0, 0.1) is 0 Å². The predicted octanol–water partition coefficient (Wildman–Crippen LogP) is 1.76. The van der Waals surface area contributed by atoms with E-state index >= 15 is 0 Å². The van der Waals surface area contributed by atoms with E-state index in [1.165, 1.54) is 0 Å². The van der Waals surface area contributed by atoms with Gasteiger partial charge in [-0.3, -0.25) is 9.59 Å². The molecule has 0 aliphatic carbocycles. The van der Waals surface area contributed by atoms with Crippen LogP contribution in [0.4, 0.5) is 5.69 Å². The Morgan fingerprint density at radius 3 is 2.52 bits per heavy atom. The zero-order valence-electron chi connectivity index (χ0n) is 11.7. The number of benzene rings is 2. The monoisotopic (exact) mass is 283 g/mol. The van der Waals surface area contributed by atoms with Gasteiger partial charge in [0.25, 0.3) is 11.8 Å². The molecular formula is C16H17N3O2. The van der Waals surface area contributed by atoms with Crippen molar-refractivity contribution in [2.45, 2.75) is 6.54 Å². The quantitative estimate of drug-likeness (QED) is 0.799. The number of carbonyl (C=O) groups excluding carboxylic acids is 2. The molecule has 0 fully saturated rings. The van der Waals surface area contributed by atoms with E-state index in [2.05, 4.69) is 10.6 Å². The van der Waals surface area contributed by atoms with Crippen molar-refractivity contribution in [2.24, 2.45) is 5.73 Å². The SMILES string of the molecule is CNC(=O)c1ccccc1NC(=O)c1cccc(CN)c1. The van der Waals surface area contributed by atoms with Crippen LogP contribution < -0.4 is 16.4 Å². The van der Waals surface area contributed by atoms with Gasteiger partial charge >= 0.3 is 0 Å². The number of nitrogens with two attached hydrogens (primary N) is 1. The first-order valence-corrected chi connectivity index (χ1v) is 6.57. The Morgan fingerprint density at radius 1 is 1.05 bits per heavy atom. The molecule has 2 aromatic carbocycles. The van der Waals surface area contributed by atoms with E-state index in [-0.39, 0.29) is 11.8 Å². The molecule has 0 spiro atoms. The molecular weight excluding hydrogens is 266 g/mol. The van der Waals surface area contributed by atoms with Crippen molar-refractivity contribution < 1.29 is 9.59 Å². The second-order valence-electron chi connectivity index (χ2n) is 4.48. The summed E-state index contributed by atoms with van der Waals surface area (Å²) in [5.41, 5.74) is 7.84. The van der Waals surface area contributed by atoms with Crippen LogP contribution in [-0.2, 0) is 6.54 Å². The van der Waals surface area contributed by atoms with Crippen LogP contribution >= 0.6 is 0 Å². The fourth-order valence-electron chi connectivity index (χ4n) is 1.96. The summed E-state index contributed by atoms with van der Waals surface area (Å²) in [5.74, 6) is -0.525. The summed E-state index contributed by atoms with van der Waals surface area (Å²) < 4.78 is 0. The van der Waals surface area contributed by atoms with Crippen LogP contribution in [0.15, 0.2) is 48.5 Å². The lowest BCUT2D eigenvalue weighted by molar-refractivity contribution is 0.0964. The molecule has 0 aromatic heterocycles. The van der Waals surface area contributed by atoms with Crippen LogP contribution in [-0.4, -0.2) is 18.9 Å². The minimum Gasteiger partial charge on any atom is -0.355 e. The van der Waals surface area contributed by atoms with Crippen molar-refractivity contribution in [3.05, 3.63) is 65.2 Å². The van der Waals surface area contributed by atoms with Gasteiger partial charge in [0.05, 0.1) is 11.3 Å². The van der Waals surface area contributed by atoms with Crippen LogP contribution in [0.2, 0.25) is 0 Å². The summed E-state index contributed by atoms with van der Waals surface area (Å²) >= 11 is 0. The average molecular weight is 283 g/mol. The maximum atomic E-state index is 12.3. The maximum Gasteiger partial charge on any atom is 0.255 e. The minimum absolute atomic E-state index is 0.249. The zero-order valence-corrected chi connectivity index (χ0v) is 11.7. The molecule has 0 bridgehead atoms. The van der Waals surface area contributed by atoms with Crippen LogP contribution in [0.25, 0.3) is 0 Å². The molecule has 0 heterocycles. The highest BCUT2D eigenvalue weighted by molar-refractivity contribution is 6.09. The third kappa shape index (κ3) is 3.46. The Hall–Kier alpha value is -2.66. The number of hydrogen-bond donors (Lipinski definition) is 3. The molecule has 0 aliphatic rings. The first-order valence-electron chi connectivity index (χ1n) is 6.57. The molecule has 2 amide bonds. The Balaban J connectivity index is 2.25. The Bertz CT molecular complexity index is 668. The van der Waals surface area contributed by atoms with E-state index in [1.807, 2.05) is 6.07 Å². The molecule has 5 nitrogen and oxygen atoms in total. The number of amides is 2. The number of anilines is 1. The average Bonchev–Trinajstić information content (AvgIpc) is 2.54. The molecule has 0 saturated carbocycles. The zero-order chi connectivity index (χ0) is 15.2. The fourth-order valence-corrected chi connectivity index (χ4v) is 1.96. The number of carbonyl (C=O) groups is 2. The molecule has 21 heavy (non-hydrogen) atoms. The Labute approximate surface area is 123 Å². The molecule has 108 valence electrons. The third-order valence-corrected chi connectivity index (χ3v) is 3.07. The lowest BCUT2D eigenvalue weighted by Crippen LogP contribution is -2.21. The second-order valence-corrected chi connectivity index (χ2v) is 4.48. The van der Waals surface area contributed by atoms with Gasteiger partial charge in [-0.25, -0.2) is 0 Å². The van der Waals surface area contributed by atoms with E-state index in [0.717, 1.165) is 5.56 Å². The Kier molecular flexibility index (Phi) is 4.68. The van der Waals surface area contributed by atoms with E-state index in [1.54, 1.807) is 49.5 Å². The van der Waals surface area contributed by atoms with Crippen LogP contribution in [0.3, 0.4) is 0 Å². The minimum atomic E-state index is -0.276. The van der Waals surface area contributed by atoms with Crippen molar-refractivity contribution in [3.8, 4) is 0 Å². The molecule has 2 rings (SSSR count). The lowest BCUT2D eigenvalue weighted by atomic mass is 10.1. The van der Waals surface area contributed by atoms with Gasteiger partial charge in [0.1, 0.15) is 0 Å². The summed E-state index contributed by atoms with van der Waals surface area (Å²) in [6, 6.07) is 13.9. The molecule has 5 heteroatoms. The van der Waals surface area contributed by atoms with Gasteiger partial charge in [0, 0.05) is 19.2 Å². The molecule has 0 unspecified atom stereocenters. The smallest absolute Gasteiger partial charge is 0.255 e. The standard InChI is InChI=1S/C16H17N3O2/c1-18-16(21)13-7-2-3-8-14(13)19-15(20)12-6-4-5-11(9-12)10-17/h2-9H,10,17H2,1H3,(H,18,21)(H,19,20). The van der Waals surface area contributed by atoms with Gasteiger partial charge < -0.3 is 16.4 Å². The van der Waals surface area contributed by atoms with Crippen molar-refractivity contribution >= 4 is 17.5 Å². The third-order valence-electron chi connectivity index (χ3n) is 3.07. The Morgan fingerprint density at radius 2 is 1.81 bits per heavy atom. The largest absolute Gasteiger partial charge is 0.355 e. The highest BCUT2D eigenvalue weighted by atomic mass is 16.2. The van der Waals surface area contributed by atoms with Gasteiger partial charge in [0.15, 0.2) is 0 Å². The van der Waals surface area contributed by atoms with E-state index < -0.39 is 0 Å². The highest BCUT2D eigenvalue weighted by Crippen LogP contribution is 2.16. The first-order chi connectivity index (χ1) is 10.2. The molecule has 0 saturated heterocycles. The number of rotatable bonds is 4. The molecule has 4 N–H and O–H groups in total. The molecule has 0 atom stereocenters. The number of nitrogens with one attached hydrogen (secondary N) is 2. The van der Waals surface area contributed by atoms with Crippen LogP contribution in [0.5, 0.6) is 0 Å². The van der Waals surface area contributed by atoms with E-state index in [9.17, 15) is 9.59 Å². The highest BCUT2D eigenvalue weighted by Gasteiger charge is 2.13. The normalized spacial score (nSPS) is 10.0. The topological polar surface area (TPSA) is 84.2 Å². The fraction of sp³-hybridized carbons (Fsp3) is 0.125. The summed E-state index contributed by atoms with van der Waals surface area (Å²) in [4.78, 5) is 24.0. The van der Waals surface area contributed by atoms with E-state index in [0.29, 0.717) is 23.4 Å². The first kappa shape index (κ1) is 14.7. The van der Waals surface area contributed by atoms with Gasteiger partial charge in [-0.05, 0) is 29.8 Å². The van der Waals surface area contributed by atoms with Gasteiger partial charge in [0.2, 0.25) is 0 Å². The van der Waals surface area contributed by atoms with Gasteiger partial charge in [-0.15, -0.1) is 0 Å². The molecule has 2 aromatic rings. The van der Waals surface area contributed by atoms with Crippen LogP contribution in [0.1, 0.15) is 26.3 Å². The maximum absolute atomic E-state index is 12.3. The summed E-state index contributed by atoms with van der Waals surface area (Å²) in [5, 5.41) is 5.30. The van der Waals surface area contributed by atoms with Crippen molar-refractivity contribution in [2.75, 3.05) is 12.4 Å². The predicted molar refractivity (Wildman–Crippen MR) is 82.1 cm³/mol. The van der Waals surface area contributed by atoms with E-state index in [4.69, 9.17) is 5.73 Å².